The number of aryl methyl sites for hydroxylation is 2. The first kappa shape index (κ1) is 17.2. The maximum atomic E-state index is 12.8. The van der Waals surface area contributed by atoms with Crippen LogP contribution < -0.4 is 10.2 Å². The van der Waals surface area contributed by atoms with Gasteiger partial charge in [0.15, 0.2) is 0 Å². The third-order valence-corrected chi connectivity index (χ3v) is 4.79. The molecule has 0 bridgehead atoms. The Bertz CT molecular complexity index is 1010. The largest absolute Gasteiger partial charge is 0.323 e. The van der Waals surface area contributed by atoms with Crippen LogP contribution in [0.3, 0.4) is 0 Å². The third-order valence-electron chi connectivity index (χ3n) is 4.79. The van der Waals surface area contributed by atoms with E-state index in [1.807, 2.05) is 44.2 Å². The minimum Gasteiger partial charge on any atom is -0.323 e. The fourth-order valence-electron chi connectivity index (χ4n) is 3.62. The van der Waals surface area contributed by atoms with Gasteiger partial charge in [-0.1, -0.05) is 30.3 Å². The van der Waals surface area contributed by atoms with Crippen LogP contribution in [0.1, 0.15) is 34.4 Å². The molecule has 2 heterocycles. The van der Waals surface area contributed by atoms with Gasteiger partial charge in [0.2, 0.25) is 0 Å². The number of hydrogen-bond acceptors (Lipinski definition) is 4. The molecule has 3 aromatic rings. The SMILES string of the molecule is Cc1cccc(NC(=O)c2cc(N3c4ccccc4CC3C)nc(C)n2)c1. The van der Waals surface area contributed by atoms with Gasteiger partial charge in [-0.25, -0.2) is 9.97 Å². The molecule has 0 saturated carbocycles. The molecule has 1 unspecified atom stereocenters. The van der Waals surface area contributed by atoms with E-state index in [0.717, 1.165) is 29.2 Å². The summed E-state index contributed by atoms with van der Waals surface area (Å²) in [5.74, 6) is 1.11. The standard InChI is InChI=1S/C22H22N4O/c1-14-7-6-9-18(11-14)25-22(27)19-13-21(24-16(3)23-19)26-15(2)12-17-8-4-5-10-20(17)26/h4-11,13,15H,12H2,1-3H3,(H,25,27). The molecular formula is C22H22N4O. The van der Waals surface area contributed by atoms with Gasteiger partial charge in [0.25, 0.3) is 5.91 Å². The second-order valence-electron chi connectivity index (χ2n) is 7.03. The van der Waals surface area contributed by atoms with Gasteiger partial charge in [0, 0.05) is 23.5 Å². The van der Waals surface area contributed by atoms with Crippen LogP contribution in [0.4, 0.5) is 17.2 Å². The Hall–Kier alpha value is -3.21. The van der Waals surface area contributed by atoms with Crippen LogP contribution in [0, 0.1) is 13.8 Å². The molecule has 2 aromatic carbocycles. The molecule has 1 aromatic heterocycles. The zero-order valence-corrected chi connectivity index (χ0v) is 15.7. The van der Waals surface area contributed by atoms with Crippen LogP contribution in [0.25, 0.3) is 0 Å². The molecule has 0 saturated heterocycles. The van der Waals surface area contributed by atoms with E-state index in [1.165, 1.54) is 5.56 Å². The Morgan fingerprint density at radius 1 is 1.07 bits per heavy atom. The Labute approximate surface area is 159 Å². The van der Waals surface area contributed by atoms with Crippen LogP contribution in [-0.2, 0) is 6.42 Å². The number of carbonyl (C=O) groups is 1. The smallest absolute Gasteiger partial charge is 0.274 e. The molecule has 1 aliphatic heterocycles. The number of hydrogen-bond donors (Lipinski definition) is 1. The van der Waals surface area contributed by atoms with Gasteiger partial charge >= 0.3 is 0 Å². The number of benzene rings is 2. The van der Waals surface area contributed by atoms with E-state index in [1.54, 1.807) is 6.07 Å². The highest BCUT2D eigenvalue weighted by Gasteiger charge is 2.28. The fourth-order valence-corrected chi connectivity index (χ4v) is 3.62. The summed E-state index contributed by atoms with van der Waals surface area (Å²) in [5, 5.41) is 2.93. The van der Waals surface area contributed by atoms with Crippen LogP contribution in [0.2, 0.25) is 0 Å². The van der Waals surface area contributed by atoms with E-state index in [4.69, 9.17) is 0 Å². The van der Waals surface area contributed by atoms with Crippen molar-refractivity contribution >= 4 is 23.1 Å². The topological polar surface area (TPSA) is 58.1 Å². The summed E-state index contributed by atoms with van der Waals surface area (Å²) in [6.45, 7) is 5.98. The van der Waals surface area contributed by atoms with Crippen molar-refractivity contribution in [3.05, 3.63) is 77.2 Å². The highest BCUT2D eigenvalue weighted by atomic mass is 16.1. The van der Waals surface area contributed by atoms with E-state index >= 15 is 0 Å². The van der Waals surface area contributed by atoms with Crippen molar-refractivity contribution in [2.45, 2.75) is 33.2 Å². The summed E-state index contributed by atoms with van der Waals surface area (Å²) in [6, 6.07) is 18.1. The molecule has 1 aliphatic rings. The molecule has 0 spiro atoms. The predicted molar refractivity (Wildman–Crippen MR) is 108 cm³/mol. The molecule has 0 radical (unpaired) electrons. The van der Waals surface area contributed by atoms with Gasteiger partial charge in [-0.05, 0) is 56.5 Å². The maximum absolute atomic E-state index is 12.8. The summed E-state index contributed by atoms with van der Waals surface area (Å²) in [5.41, 5.74) is 4.67. The van der Waals surface area contributed by atoms with Crippen molar-refractivity contribution in [2.24, 2.45) is 0 Å². The molecule has 0 fully saturated rings. The Morgan fingerprint density at radius 3 is 2.70 bits per heavy atom. The minimum absolute atomic E-state index is 0.229. The predicted octanol–water partition coefficient (Wildman–Crippen LogP) is 4.43. The average molecular weight is 358 g/mol. The first-order chi connectivity index (χ1) is 13.0. The Morgan fingerprint density at radius 2 is 1.89 bits per heavy atom. The number of aromatic nitrogens is 2. The highest BCUT2D eigenvalue weighted by Crippen LogP contribution is 2.37. The summed E-state index contributed by atoms with van der Waals surface area (Å²) >= 11 is 0. The minimum atomic E-state index is -0.229. The summed E-state index contributed by atoms with van der Waals surface area (Å²) in [6.07, 6.45) is 0.962. The lowest BCUT2D eigenvalue weighted by atomic mass is 10.1. The second kappa shape index (κ2) is 6.83. The van der Waals surface area contributed by atoms with Gasteiger partial charge in [0.05, 0.1) is 0 Å². The molecule has 1 N–H and O–H groups in total. The normalized spacial score (nSPS) is 15.5. The fraction of sp³-hybridized carbons (Fsp3) is 0.227. The first-order valence-electron chi connectivity index (χ1n) is 9.12. The molecule has 136 valence electrons. The van der Waals surface area contributed by atoms with Crippen molar-refractivity contribution in [1.82, 2.24) is 9.97 Å². The zero-order chi connectivity index (χ0) is 19.0. The molecule has 5 nitrogen and oxygen atoms in total. The first-order valence-corrected chi connectivity index (χ1v) is 9.12. The number of rotatable bonds is 3. The molecule has 0 aliphatic carbocycles. The van der Waals surface area contributed by atoms with Crippen molar-refractivity contribution in [1.29, 1.82) is 0 Å². The Kier molecular flexibility index (Phi) is 4.36. The summed E-state index contributed by atoms with van der Waals surface area (Å²) < 4.78 is 0. The quantitative estimate of drug-likeness (QED) is 0.752. The number of carbonyl (C=O) groups excluding carboxylic acids is 1. The Balaban J connectivity index is 1.67. The molecule has 1 amide bonds. The van der Waals surface area contributed by atoms with Gasteiger partial charge in [0.1, 0.15) is 17.3 Å². The number of fused-ring (bicyclic) bond motifs is 1. The van der Waals surface area contributed by atoms with E-state index < -0.39 is 0 Å². The lowest BCUT2D eigenvalue weighted by Crippen LogP contribution is -2.26. The monoisotopic (exact) mass is 358 g/mol. The van der Waals surface area contributed by atoms with Gasteiger partial charge in [-0.2, -0.15) is 0 Å². The molecule has 4 rings (SSSR count). The zero-order valence-electron chi connectivity index (χ0n) is 15.7. The maximum Gasteiger partial charge on any atom is 0.274 e. The van der Waals surface area contributed by atoms with E-state index in [9.17, 15) is 4.79 Å². The summed E-state index contributed by atoms with van der Waals surface area (Å²) in [4.78, 5) is 23.9. The van der Waals surface area contributed by atoms with Crippen LogP contribution in [-0.4, -0.2) is 21.9 Å². The van der Waals surface area contributed by atoms with E-state index in [2.05, 4.69) is 45.3 Å². The van der Waals surface area contributed by atoms with Crippen molar-refractivity contribution in [3.63, 3.8) is 0 Å². The highest BCUT2D eigenvalue weighted by molar-refractivity contribution is 6.03. The lowest BCUT2D eigenvalue weighted by molar-refractivity contribution is 0.102. The average Bonchev–Trinajstić information content (AvgIpc) is 2.97. The number of amides is 1. The van der Waals surface area contributed by atoms with Crippen LogP contribution in [0.5, 0.6) is 0 Å². The van der Waals surface area contributed by atoms with Crippen molar-refractivity contribution in [2.75, 3.05) is 10.2 Å². The molecule has 1 atom stereocenters. The molecular weight excluding hydrogens is 336 g/mol. The van der Waals surface area contributed by atoms with Gasteiger partial charge in [-0.3, -0.25) is 4.79 Å². The summed E-state index contributed by atoms with van der Waals surface area (Å²) in [7, 11) is 0. The number of anilines is 3. The number of nitrogens with one attached hydrogen (secondary N) is 1. The molecule has 27 heavy (non-hydrogen) atoms. The second-order valence-corrected chi connectivity index (χ2v) is 7.03. The lowest BCUT2D eigenvalue weighted by Gasteiger charge is -2.24. The van der Waals surface area contributed by atoms with Crippen LogP contribution in [0.15, 0.2) is 54.6 Å². The van der Waals surface area contributed by atoms with Gasteiger partial charge < -0.3 is 10.2 Å². The van der Waals surface area contributed by atoms with Crippen molar-refractivity contribution in [3.8, 4) is 0 Å². The van der Waals surface area contributed by atoms with E-state index in [0.29, 0.717) is 11.5 Å². The molecule has 5 heteroatoms. The van der Waals surface area contributed by atoms with E-state index in [-0.39, 0.29) is 11.9 Å². The third kappa shape index (κ3) is 3.40. The van der Waals surface area contributed by atoms with Gasteiger partial charge in [-0.15, -0.1) is 0 Å². The number of nitrogens with zero attached hydrogens (tertiary/aromatic N) is 3. The van der Waals surface area contributed by atoms with Crippen LogP contribution >= 0.6 is 0 Å². The number of para-hydroxylation sites is 1. The van der Waals surface area contributed by atoms with Crippen molar-refractivity contribution < 1.29 is 4.79 Å².